The van der Waals surface area contributed by atoms with Gasteiger partial charge in [0, 0.05) is 0 Å². The Bertz CT molecular complexity index is 694. The maximum Gasteiger partial charge on any atom is 0.203 e. The van der Waals surface area contributed by atoms with Crippen molar-refractivity contribution in [3.8, 4) is 23.0 Å². The Morgan fingerprint density at radius 2 is 1.30 bits per heavy atom. The quantitative estimate of drug-likeness (QED) is 0.804. The van der Waals surface area contributed by atoms with Gasteiger partial charge in [0.2, 0.25) is 5.75 Å². The molecule has 0 saturated carbocycles. The first kappa shape index (κ1) is 16.7. The number of hydrogen-bond acceptors (Lipinski definition) is 4. The predicted molar refractivity (Wildman–Crippen MR) is 92.0 cm³/mol. The van der Waals surface area contributed by atoms with E-state index in [2.05, 4.69) is 6.58 Å². The molecule has 0 spiro atoms. The molecule has 0 atom stereocenters. The van der Waals surface area contributed by atoms with Crippen LogP contribution in [0.2, 0.25) is 0 Å². The summed E-state index contributed by atoms with van der Waals surface area (Å²) in [6.45, 7) is 6.21. The summed E-state index contributed by atoms with van der Waals surface area (Å²) in [5.74, 6) is 2.63. The van der Waals surface area contributed by atoms with Gasteiger partial charge in [0.05, 0.1) is 28.4 Å². The van der Waals surface area contributed by atoms with Crippen molar-refractivity contribution in [3.05, 3.63) is 53.6 Å². The zero-order chi connectivity index (χ0) is 17.0. The molecule has 0 aliphatic carbocycles. The first-order chi connectivity index (χ1) is 11.0. The van der Waals surface area contributed by atoms with Crippen LogP contribution in [0.5, 0.6) is 23.0 Å². The van der Waals surface area contributed by atoms with Crippen molar-refractivity contribution in [2.24, 2.45) is 0 Å². The lowest BCUT2D eigenvalue weighted by Gasteiger charge is -2.16. The molecule has 0 unspecified atom stereocenters. The van der Waals surface area contributed by atoms with Crippen LogP contribution in [0.3, 0.4) is 0 Å². The third-order valence-corrected chi connectivity index (χ3v) is 3.76. The lowest BCUT2D eigenvalue weighted by molar-refractivity contribution is 0.324. The minimum Gasteiger partial charge on any atom is -0.496 e. The topological polar surface area (TPSA) is 36.9 Å². The summed E-state index contributed by atoms with van der Waals surface area (Å²) in [5, 5.41) is 0. The van der Waals surface area contributed by atoms with E-state index in [1.165, 1.54) is 0 Å². The average molecular weight is 314 g/mol. The molecule has 0 bridgehead atoms. The molecule has 0 amide bonds. The summed E-state index contributed by atoms with van der Waals surface area (Å²) in [7, 11) is 6.44. The summed E-state index contributed by atoms with van der Waals surface area (Å²) >= 11 is 0. The molecule has 23 heavy (non-hydrogen) atoms. The number of methoxy groups -OCH3 is 4. The Hall–Kier alpha value is -2.62. The minimum absolute atomic E-state index is 0.567. The monoisotopic (exact) mass is 314 g/mol. The Labute approximate surface area is 137 Å². The Kier molecular flexibility index (Phi) is 5.16. The smallest absolute Gasteiger partial charge is 0.203 e. The first-order valence-corrected chi connectivity index (χ1v) is 7.20. The number of aryl methyl sites for hydroxylation is 1. The summed E-state index contributed by atoms with van der Waals surface area (Å²) in [6, 6.07) is 9.75. The second-order valence-electron chi connectivity index (χ2n) is 5.08. The second kappa shape index (κ2) is 7.09. The molecule has 0 radical (unpaired) electrons. The number of rotatable bonds is 6. The molecule has 0 aliphatic heterocycles. The fourth-order valence-corrected chi connectivity index (χ4v) is 2.49. The fraction of sp³-hybridized carbons (Fsp3) is 0.263. The van der Waals surface area contributed by atoms with E-state index in [0.717, 1.165) is 28.0 Å². The molecule has 0 heterocycles. The molecule has 2 aromatic rings. The van der Waals surface area contributed by atoms with Crippen LogP contribution in [-0.2, 0) is 0 Å². The maximum atomic E-state index is 5.40. The Morgan fingerprint density at radius 3 is 1.74 bits per heavy atom. The molecule has 0 saturated heterocycles. The first-order valence-electron chi connectivity index (χ1n) is 7.20. The van der Waals surface area contributed by atoms with Crippen molar-refractivity contribution in [3.63, 3.8) is 0 Å². The highest BCUT2D eigenvalue weighted by Crippen LogP contribution is 2.40. The van der Waals surface area contributed by atoms with E-state index in [-0.39, 0.29) is 0 Å². The van der Waals surface area contributed by atoms with Gasteiger partial charge in [0.1, 0.15) is 5.75 Å². The van der Waals surface area contributed by atoms with Gasteiger partial charge >= 0.3 is 0 Å². The van der Waals surface area contributed by atoms with Gasteiger partial charge in [-0.1, -0.05) is 12.6 Å². The Morgan fingerprint density at radius 1 is 0.739 bits per heavy atom. The predicted octanol–water partition coefficient (Wildman–Crippen LogP) is 4.09. The molecule has 2 rings (SSSR count). The van der Waals surface area contributed by atoms with Gasteiger partial charge in [-0.15, -0.1) is 0 Å². The zero-order valence-corrected chi connectivity index (χ0v) is 14.2. The highest BCUT2D eigenvalue weighted by molar-refractivity contribution is 5.81. The molecule has 0 N–H and O–H groups in total. The lowest BCUT2D eigenvalue weighted by atomic mass is 9.97. The van der Waals surface area contributed by atoms with Crippen LogP contribution in [0.25, 0.3) is 5.57 Å². The molecule has 4 heteroatoms. The third kappa shape index (κ3) is 3.26. The van der Waals surface area contributed by atoms with E-state index in [4.69, 9.17) is 18.9 Å². The van der Waals surface area contributed by atoms with Gasteiger partial charge in [-0.2, -0.15) is 0 Å². The summed E-state index contributed by atoms with van der Waals surface area (Å²) in [5.41, 5.74) is 3.84. The van der Waals surface area contributed by atoms with Crippen molar-refractivity contribution in [2.45, 2.75) is 6.92 Å². The number of ether oxygens (including phenoxy) is 4. The van der Waals surface area contributed by atoms with Gasteiger partial charge in [-0.05, 0) is 53.5 Å². The van der Waals surface area contributed by atoms with Crippen molar-refractivity contribution in [1.29, 1.82) is 0 Å². The third-order valence-electron chi connectivity index (χ3n) is 3.76. The van der Waals surface area contributed by atoms with E-state index < -0.39 is 0 Å². The minimum atomic E-state index is 0.567. The van der Waals surface area contributed by atoms with Crippen LogP contribution < -0.4 is 18.9 Å². The van der Waals surface area contributed by atoms with Gasteiger partial charge < -0.3 is 18.9 Å². The maximum absolute atomic E-state index is 5.40. The van der Waals surface area contributed by atoms with Crippen LogP contribution in [0.15, 0.2) is 36.9 Å². The van der Waals surface area contributed by atoms with Crippen molar-refractivity contribution in [1.82, 2.24) is 0 Å². The van der Waals surface area contributed by atoms with Gasteiger partial charge in [0.25, 0.3) is 0 Å². The molecular formula is C19H22O4. The van der Waals surface area contributed by atoms with Crippen LogP contribution in [0.4, 0.5) is 0 Å². The fourth-order valence-electron chi connectivity index (χ4n) is 2.49. The second-order valence-corrected chi connectivity index (χ2v) is 5.08. The molecule has 0 aliphatic rings. The van der Waals surface area contributed by atoms with Crippen molar-refractivity contribution < 1.29 is 18.9 Å². The van der Waals surface area contributed by atoms with E-state index in [1.54, 1.807) is 28.4 Å². The molecule has 0 aromatic heterocycles. The zero-order valence-electron chi connectivity index (χ0n) is 14.2. The van der Waals surface area contributed by atoms with E-state index >= 15 is 0 Å². The molecule has 4 nitrogen and oxygen atoms in total. The summed E-state index contributed by atoms with van der Waals surface area (Å²) in [4.78, 5) is 0. The van der Waals surface area contributed by atoms with Crippen LogP contribution in [-0.4, -0.2) is 28.4 Å². The van der Waals surface area contributed by atoms with Gasteiger partial charge in [0.15, 0.2) is 11.5 Å². The summed E-state index contributed by atoms with van der Waals surface area (Å²) < 4.78 is 21.5. The van der Waals surface area contributed by atoms with E-state index in [0.29, 0.717) is 17.2 Å². The Balaban J connectivity index is 2.49. The van der Waals surface area contributed by atoms with Gasteiger partial charge in [-0.25, -0.2) is 0 Å². The largest absolute Gasteiger partial charge is 0.496 e. The molecule has 2 aromatic carbocycles. The average Bonchev–Trinajstić information content (AvgIpc) is 2.59. The SMILES string of the molecule is C=C(c1ccc(OC)c(C)c1)c1cc(OC)c(OC)c(OC)c1. The van der Waals surface area contributed by atoms with E-state index in [9.17, 15) is 0 Å². The van der Waals surface area contributed by atoms with Gasteiger partial charge in [-0.3, -0.25) is 0 Å². The normalized spacial score (nSPS) is 10.1. The molecule has 0 fully saturated rings. The number of hydrogen-bond donors (Lipinski definition) is 0. The highest BCUT2D eigenvalue weighted by Gasteiger charge is 2.15. The van der Waals surface area contributed by atoms with E-state index in [1.807, 2.05) is 37.3 Å². The standard InChI is InChI=1S/C19H22O4/c1-12-9-14(7-8-16(12)20-3)13(2)15-10-17(21-4)19(23-6)18(11-15)22-5/h7-11H,2H2,1,3-6H3. The molecule has 122 valence electrons. The van der Waals surface area contributed by atoms with Crippen LogP contribution >= 0.6 is 0 Å². The number of benzene rings is 2. The van der Waals surface area contributed by atoms with Crippen LogP contribution in [0.1, 0.15) is 16.7 Å². The highest BCUT2D eigenvalue weighted by atomic mass is 16.5. The van der Waals surface area contributed by atoms with Crippen molar-refractivity contribution in [2.75, 3.05) is 28.4 Å². The molecular weight excluding hydrogens is 292 g/mol. The lowest BCUT2D eigenvalue weighted by Crippen LogP contribution is -1.97. The van der Waals surface area contributed by atoms with Crippen molar-refractivity contribution >= 4 is 5.57 Å². The summed E-state index contributed by atoms with van der Waals surface area (Å²) in [6.07, 6.45) is 0. The van der Waals surface area contributed by atoms with Crippen LogP contribution in [0, 0.1) is 6.92 Å².